The summed E-state index contributed by atoms with van der Waals surface area (Å²) >= 11 is 0. The average molecular weight is 262 g/mol. The maximum absolute atomic E-state index is 11.4. The van der Waals surface area contributed by atoms with E-state index in [2.05, 4.69) is 4.98 Å². The standard InChI is InChI=1S/C13H14N2O4/c1-19-12-8-13(16)14-11-5-4-9(7-10(11)12)3-2-6-15(17)18/h4-5,7-8H,2-3,6H2,1H3,(H,14,16). The van der Waals surface area contributed by atoms with Gasteiger partial charge in [-0.15, -0.1) is 0 Å². The van der Waals surface area contributed by atoms with Crippen LogP contribution in [0.2, 0.25) is 0 Å². The number of nitrogens with zero attached hydrogens (tertiary/aromatic N) is 1. The van der Waals surface area contributed by atoms with Crippen LogP contribution in [0.25, 0.3) is 10.9 Å². The number of aromatic amines is 1. The Balaban J connectivity index is 2.31. The second kappa shape index (κ2) is 5.51. The molecule has 1 heterocycles. The van der Waals surface area contributed by atoms with Crippen molar-refractivity contribution >= 4 is 10.9 Å². The van der Waals surface area contributed by atoms with Crippen molar-refractivity contribution in [2.24, 2.45) is 0 Å². The number of methoxy groups -OCH3 is 1. The molecule has 0 saturated heterocycles. The Morgan fingerprint density at radius 3 is 2.84 bits per heavy atom. The first-order valence-corrected chi connectivity index (χ1v) is 5.92. The normalized spacial score (nSPS) is 10.6. The highest BCUT2D eigenvalue weighted by Crippen LogP contribution is 2.23. The van der Waals surface area contributed by atoms with E-state index in [9.17, 15) is 14.9 Å². The predicted octanol–water partition coefficient (Wildman–Crippen LogP) is 1.75. The highest BCUT2D eigenvalue weighted by atomic mass is 16.6. The summed E-state index contributed by atoms with van der Waals surface area (Å²) in [6.45, 7) is -0.0409. The smallest absolute Gasteiger partial charge is 0.252 e. The molecule has 0 atom stereocenters. The lowest BCUT2D eigenvalue weighted by molar-refractivity contribution is -0.480. The molecule has 0 fully saturated rings. The zero-order valence-corrected chi connectivity index (χ0v) is 10.5. The second-order valence-corrected chi connectivity index (χ2v) is 4.24. The highest BCUT2D eigenvalue weighted by Gasteiger charge is 2.06. The van der Waals surface area contributed by atoms with Crippen LogP contribution in [0.1, 0.15) is 12.0 Å². The van der Waals surface area contributed by atoms with Gasteiger partial charge in [-0.05, 0) is 24.1 Å². The second-order valence-electron chi connectivity index (χ2n) is 4.24. The van der Waals surface area contributed by atoms with Crippen LogP contribution in [0.4, 0.5) is 0 Å². The Kier molecular flexibility index (Phi) is 3.79. The molecule has 0 saturated carbocycles. The minimum Gasteiger partial charge on any atom is -0.496 e. The van der Waals surface area contributed by atoms with Crippen LogP contribution in [-0.4, -0.2) is 23.6 Å². The first-order valence-electron chi connectivity index (χ1n) is 5.92. The van der Waals surface area contributed by atoms with E-state index in [-0.39, 0.29) is 17.0 Å². The molecule has 6 nitrogen and oxygen atoms in total. The third-order valence-corrected chi connectivity index (χ3v) is 2.90. The minimum absolute atomic E-state index is 0.0409. The van der Waals surface area contributed by atoms with E-state index in [1.807, 2.05) is 12.1 Å². The molecule has 1 aromatic carbocycles. The van der Waals surface area contributed by atoms with Gasteiger partial charge in [0, 0.05) is 22.8 Å². The van der Waals surface area contributed by atoms with Crippen molar-refractivity contribution < 1.29 is 9.66 Å². The molecule has 0 amide bonds. The van der Waals surface area contributed by atoms with Gasteiger partial charge in [0.15, 0.2) is 0 Å². The molecule has 2 aromatic rings. The van der Waals surface area contributed by atoms with Crippen molar-refractivity contribution in [2.75, 3.05) is 13.7 Å². The summed E-state index contributed by atoms with van der Waals surface area (Å²) in [6.07, 6.45) is 1.11. The van der Waals surface area contributed by atoms with E-state index < -0.39 is 0 Å². The number of H-pyrrole nitrogens is 1. The molecule has 0 bridgehead atoms. The molecular formula is C13H14N2O4. The summed E-state index contributed by atoms with van der Waals surface area (Å²) in [5.41, 5.74) is 1.47. The van der Waals surface area contributed by atoms with Gasteiger partial charge in [0.25, 0.3) is 5.56 Å². The molecule has 0 aliphatic rings. The van der Waals surface area contributed by atoms with E-state index in [0.717, 1.165) is 10.9 Å². The van der Waals surface area contributed by atoms with Gasteiger partial charge in [-0.3, -0.25) is 14.9 Å². The van der Waals surface area contributed by atoms with Crippen molar-refractivity contribution in [2.45, 2.75) is 12.8 Å². The largest absolute Gasteiger partial charge is 0.496 e. The quantitative estimate of drug-likeness (QED) is 0.657. The van der Waals surface area contributed by atoms with Crippen LogP contribution in [0.5, 0.6) is 5.75 Å². The molecule has 0 aliphatic carbocycles. The van der Waals surface area contributed by atoms with Crippen LogP contribution < -0.4 is 10.3 Å². The Hall–Kier alpha value is -2.37. The molecule has 6 heteroatoms. The van der Waals surface area contributed by atoms with Crippen molar-refractivity contribution in [1.82, 2.24) is 4.98 Å². The number of nitro groups is 1. The third kappa shape index (κ3) is 3.09. The summed E-state index contributed by atoms with van der Waals surface area (Å²) in [7, 11) is 1.51. The summed E-state index contributed by atoms with van der Waals surface area (Å²) in [5, 5.41) is 11.1. The third-order valence-electron chi connectivity index (χ3n) is 2.90. The molecule has 2 rings (SSSR count). The number of ether oxygens (including phenoxy) is 1. The molecule has 0 spiro atoms. The zero-order valence-electron chi connectivity index (χ0n) is 10.5. The summed E-state index contributed by atoms with van der Waals surface area (Å²) < 4.78 is 5.18. The number of nitrogens with one attached hydrogen (secondary N) is 1. The van der Waals surface area contributed by atoms with E-state index in [4.69, 9.17) is 4.74 Å². The van der Waals surface area contributed by atoms with Gasteiger partial charge in [-0.2, -0.15) is 0 Å². The minimum atomic E-state index is -0.320. The summed E-state index contributed by atoms with van der Waals surface area (Å²) in [4.78, 5) is 24.1. The lowest BCUT2D eigenvalue weighted by atomic mass is 10.1. The van der Waals surface area contributed by atoms with Gasteiger partial charge in [0.05, 0.1) is 12.6 Å². The fraction of sp³-hybridized carbons (Fsp3) is 0.308. The summed E-state index contributed by atoms with van der Waals surface area (Å²) in [5.74, 6) is 0.509. The molecule has 1 aromatic heterocycles. The first-order chi connectivity index (χ1) is 9.10. The maximum atomic E-state index is 11.4. The molecule has 1 N–H and O–H groups in total. The number of hydrogen-bond donors (Lipinski definition) is 1. The number of fused-ring (bicyclic) bond motifs is 1. The van der Waals surface area contributed by atoms with Gasteiger partial charge in [-0.1, -0.05) is 6.07 Å². The van der Waals surface area contributed by atoms with Crippen LogP contribution in [0.3, 0.4) is 0 Å². The van der Waals surface area contributed by atoms with Crippen molar-refractivity contribution in [1.29, 1.82) is 0 Å². The maximum Gasteiger partial charge on any atom is 0.252 e. The highest BCUT2D eigenvalue weighted by molar-refractivity contribution is 5.85. The van der Waals surface area contributed by atoms with Gasteiger partial charge < -0.3 is 9.72 Å². The Morgan fingerprint density at radius 2 is 2.16 bits per heavy atom. The fourth-order valence-corrected chi connectivity index (χ4v) is 2.01. The number of hydrogen-bond acceptors (Lipinski definition) is 4. The van der Waals surface area contributed by atoms with E-state index in [1.165, 1.54) is 13.2 Å². The first kappa shape index (κ1) is 13.1. The van der Waals surface area contributed by atoms with Crippen LogP contribution in [0.15, 0.2) is 29.1 Å². The van der Waals surface area contributed by atoms with Crippen molar-refractivity contribution in [3.8, 4) is 5.75 Å². The molecule has 0 unspecified atom stereocenters. The monoisotopic (exact) mass is 262 g/mol. The van der Waals surface area contributed by atoms with Gasteiger partial charge in [0.2, 0.25) is 6.54 Å². The number of benzene rings is 1. The number of rotatable bonds is 5. The van der Waals surface area contributed by atoms with Gasteiger partial charge in [0.1, 0.15) is 5.75 Å². The Labute approximate surface area is 109 Å². The summed E-state index contributed by atoms with van der Waals surface area (Å²) in [6, 6.07) is 6.94. The molecule has 0 aliphatic heterocycles. The zero-order chi connectivity index (χ0) is 13.8. The number of aryl methyl sites for hydroxylation is 1. The lowest BCUT2D eigenvalue weighted by Gasteiger charge is -2.07. The molecule has 19 heavy (non-hydrogen) atoms. The predicted molar refractivity (Wildman–Crippen MR) is 71.3 cm³/mol. The van der Waals surface area contributed by atoms with E-state index >= 15 is 0 Å². The lowest BCUT2D eigenvalue weighted by Crippen LogP contribution is -2.05. The van der Waals surface area contributed by atoms with Crippen LogP contribution >= 0.6 is 0 Å². The number of aromatic nitrogens is 1. The van der Waals surface area contributed by atoms with Crippen molar-refractivity contribution in [3.05, 3.63) is 50.3 Å². The fourth-order valence-electron chi connectivity index (χ4n) is 2.01. The van der Waals surface area contributed by atoms with Crippen LogP contribution in [0, 0.1) is 10.1 Å². The van der Waals surface area contributed by atoms with Gasteiger partial charge >= 0.3 is 0 Å². The van der Waals surface area contributed by atoms with E-state index in [1.54, 1.807) is 6.07 Å². The molecule has 100 valence electrons. The number of pyridine rings is 1. The SMILES string of the molecule is COc1cc(=O)[nH]c2ccc(CCC[N+](=O)[O-])cc12. The van der Waals surface area contributed by atoms with Gasteiger partial charge in [-0.25, -0.2) is 0 Å². The molecule has 0 radical (unpaired) electrons. The van der Waals surface area contributed by atoms with Crippen molar-refractivity contribution in [3.63, 3.8) is 0 Å². The topological polar surface area (TPSA) is 85.2 Å². The van der Waals surface area contributed by atoms with Crippen LogP contribution in [-0.2, 0) is 6.42 Å². The average Bonchev–Trinajstić information content (AvgIpc) is 2.37. The Morgan fingerprint density at radius 1 is 1.37 bits per heavy atom. The molecular weight excluding hydrogens is 248 g/mol. The Bertz CT molecular complexity index is 663. The van der Waals surface area contributed by atoms with E-state index in [0.29, 0.717) is 24.1 Å².